The van der Waals surface area contributed by atoms with Crippen LogP contribution in [0.15, 0.2) is 59.1 Å². The number of hydrogen-bond donors (Lipinski definition) is 1. The lowest BCUT2D eigenvalue weighted by Crippen LogP contribution is -2.32. The van der Waals surface area contributed by atoms with Crippen LogP contribution in [0.4, 0.5) is 0 Å². The Balaban J connectivity index is 1.42. The number of aryl methyl sites for hydroxylation is 1. The lowest BCUT2D eigenvalue weighted by Gasteiger charge is -2.14. The molecule has 0 saturated heterocycles. The fourth-order valence-corrected chi connectivity index (χ4v) is 3.50. The maximum Gasteiger partial charge on any atom is 0.255 e. The van der Waals surface area contributed by atoms with Crippen molar-refractivity contribution in [3.05, 3.63) is 71.5 Å². The molecule has 3 aromatic rings. The smallest absolute Gasteiger partial charge is 0.255 e. The molecule has 0 radical (unpaired) electrons. The van der Waals surface area contributed by atoms with Crippen LogP contribution in [-0.4, -0.2) is 17.1 Å². The first kappa shape index (κ1) is 18.3. The van der Waals surface area contributed by atoms with Crippen LogP contribution >= 0.6 is 0 Å². The molecule has 4 rings (SSSR count). The van der Waals surface area contributed by atoms with Gasteiger partial charge in [0, 0.05) is 17.7 Å². The lowest BCUT2D eigenvalue weighted by molar-refractivity contribution is 0.0932. The number of nitrogens with one attached hydrogen (secondary N) is 1. The molecule has 0 aliphatic heterocycles. The molecule has 1 saturated carbocycles. The van der Waals surface area contributed by atoms with Gasteiger partial charge in [-0.3, -0.25) is 4.79 Å². The number of amides is 1. The van der Waals surface area contributed by atoms with E-state index in [9.17, 15) is 4.79 Å². The van der Waals surface area contributed by atoms with Gasteiger partial charge in [-0.2, -0.15) is 0 Å². The van der Waals surface area contributed by atoms with Gasteiger partial charge in [0.2, 0.25) is 0 Å². The van der Waals surface area contributed by atoms with Crippen molar-refractivity contribution >= 4 is 5.91 Å². The van der Waals surface area contributed by atoms with E-state index in [1.165, 1.54) is 18.4 Å². The first-order valence-corrected chi connectivity index (χ1v) is 9.74. The van der Waals surface area contributed by atoms with Crippen LogP contribution in [0.25, 0.3) is 11.3 Å². The normalized spacial score (nSPS) is 14.2. The maximum atomic E-state index is 12.6. The number of carbonyl (C=O) groups is 1. The second-order valence-electron chi connectivity index (χ2n) is 7.28. The zero-order chi connectivity index (χ0) is 19.3. The molecular weight excluding hydrogens is 352 g/mol. The van der Waals surface area contributed by atoms with E-state index in [4.69, 9.17) is 9.26 Å². The topological polar surface area (TPSA) is 64.4 Å². The molecular formula is C23H24N2O3. The zero-order valence-corrected chi connectivity index (χ0v) is 16.0. The molecule has 2 aromatic carbocycles. The molecule has 0 unspecified atom stereocenters. The van der Waals surface area contributed by atoms with Gasteiger partial charge in [-0.05, 0) is 31.9 Å². The van der Waals surface area contributed by atoms with E-state index in [2.05, 4.69) is 10.5 Å². The number of hydrogen-bond acceptors (Lipinski definition) is 4. The molecule has 1 aromatic heterocycles. The van der Waals surface area contributed by atoms with E-state index < -0.39 is 0 Å². The molecule has 1 aliphatic carbocycles. The summed E-state index contributed by atoms with van der Waals surface area (Å²) in [7, 11) is 0. The van der Waals surface area contributed by atoms with Crippen LogP contribution in [0.1, 0.15) is 47.4 Å². The van der Waals surface area contributed by atoms with Gasteiger partial charge in [-0.1, -0.05) is 60.0 Å². The van der Waals surface area contributed by atoms with Crippen molar-refractivity contribution in [3.8, 4) is 17.0 Å². The Bertz CT molecular complexity index is 940. The van der Waals surface area contributed by atoms with E-state index in [1.54, 1.807) is 12.1 Å². The number of carbonyl (C=O) groups excluding carboxylic acids is 1. The highest BCUT2D eigenvalue weighted by molar-refractivity contribution is 5.97. The minimum atomic E-state index is -0.0829. The number of rotatable bonds is 6. The average Bonchev–Trinajstić information content (AvgIpc) is 3.39. The fourth-order valence-electron chi connectivity index (χ4n) is 3.50. The minimum absolute atomic E-state index is 0.0829. The highest BCUT2D eigenvalue weighted by atomic mass is 16.5. The molecule has 1 fully saturated rings. The van der Waals surface area contributed by atoms with Crippen molar-refractivity contribution < 1.29 is 14.1 Å². The average molecular weight is 376 g/mol. The van der Waals surface area contributed by atoms with Gasteiger partial charge in [0.05, 0.1) is 5.56 Å². The Morgan fingerprint density at radius 1 is 1.14 bits per heavy atom. The third-order valence-electron chi connectivity index (χ3n) is 5.10. The van der Waals surface area contributed by atoms with Gasteiger partial charge >= 0.3 is 0 Å². The standard InChI is InChI=1S/C23H24N2O3/c1-16-10-12-17(13-11-16)21-14-19(28-25-21)15-27-22-9-5-4-8-20(22)23(26)24-18-6-2-3-7-18/h4-5,8-14,18H,2-3,6-7,15H2,1H3,(H,24,26). The van der Waals surface area contributed by atoms with Crippen molar-refractivity contribution in [2.24, 2.45) is 0 Å². The molecule has 0 spiro atoms. The summed E-state index contributed by atoms with van der Waals surface area (Å²) in [5, 5.41) is 7.23. The predicted molar refractivity (Wildman–Crippen MR) is 107 cm³/mol. The number of para-hydroxylation sites is 1. The number of ether oxygens (including phenoxy) is 1. The van der Waals surface area contributed by atoms with E-state index >= 15 is 0 Å². The maximum absolute atomic E-state index is 12.6. The monoisotopic (exact) mass is 376 g/mol. The molecule has 1 amide bonds. The van der Waals surface area contributed by atoms with Crippen LogP contribution in [0, 0.1) is 6.92 Å². The van der Waals surface area contributed by atoms with Crippen molar-refractivity contribution in [2.75, 3.05) is 0 Å². The largest absolute Gasteiger partial charge is 0.485 e. The van der Waals surface area contributed by atoms with Gasteiger partial charge < -0.3 is 14.6 Å². The molecule has 1 aliphatic rings. The van der Waals surface area contributed by atoms with Crippen molar-refractivity contribution in [2.45, 2.75) is 45.3 Å². The summed E-state index contributed by atoms with van der Waals surface area (Å²) in [6.45, 7) is 2.26. The Labute approximate surface area is 164 Å². The Morgan fingerprint density at radius 2 is 1.89 bits per heavy atom. The van der Waals surface area contributed by atoms with Gasteiger partial charge in [0.1, 0.15) is 18.1 Å². The molecule has 5 nitrogen and oxygen atoms in total. The highest BCUT2D eigenvalue weighted by Gasteiger charge is 2.20. The second-order valence-corrected chi connectivity index (χ2v) is 7.28. The van der Waals surface area contributed by atoms with Crippen LogP contribution in [0.5, 0.6) is 5.75 Å². The molecule has 28 heavy (non-hydrogen) atoms. The molecule has 1 heterocycles. The molecule has 0 atom stereocenters. The summed E-state index contributed by atoms with van der Waals surface area (Å²) in [5.74, 6) is 1.08. The number of nitrogens with zero attached hydrogens (tertiary/aromatic N) is 1. The Kier molecular flexibility index (Phi) is 5.42. The lowest BCUT2D eigenvalue weighted by atomic mass is 10.1. The first-order valence-electron chi connectivity index (χ1n) is 9.74. The third-order valence-corrected chi connectivity index (χ3v) is 5.10. The zero-order valence-electron chi connectivity index (χ0n) is 16.0. The third kappa shape index (κ3) is 4.25. The van der Waals surface area contributed by atoms with Gasteiger partial charge in [-0.25, -0.2) is 0 Å². The predicted octanol–water partition coefficient (Wildman–Crippen LogP) is 4.90. The van der Waals surface area contributed by atoms with Gasteiger partial charge in [0.15, 0.2) is 5.76 Å². The Morgan fingerprint density at radius 3 is 2.68 bits per heavy atom. The quantitative estimate of drug-likeness (QED) is 0.664. The SMILES string of the molecule is Cc1ccc(-c2cc(COc3ccccc3C(=O)NC3CCCC3)on2)cc1. The van der Waals surface area contributed by atoms with E-state index in [0.717, 1.165) is 24.1 Å². The molecule has 0 bridgehead atoms. The molecule has 1 N–H and O–H groups in total. The van der Waals surface area contributed by atoms with Crippen LogP contribution in [-0.2, 0) is 6.61 Å². The van der Waals surface area contributed by atoms with E-state index in [0.29, 0.717) is 17.1 Å². The number of aromatic nitrogens is 1. The minimum Gasteiger partial charge on any atom is -0.485 e. The van der Waals surface area contributed by atoms with E-state index in [1.807, 2.05) is 49.4 Å². The molecule has 144 valence electrons. The van der Waals surface area contributed by atoms with Crippen LogP contribution in [0.2, 0.25) is 0 Å². The summed E-state index contributed by atoms with van der Waals surface area (Å²) in [6, 6.07) is 17.6. The summed E-state index contributed by atoms with van der Waals surface area (Å²) in [5.41, 5.74) is 3.51. The van der Waals surface area contributed by atoms with Gasteiger partial charge in [-0.15, -0.1) is 0 Å². The fraction of sp³-hybridized carbons (Fsp3) is 0.304. The summed E-state index contributed by atoms with van der Waals surface area (Å²) >= 11 is 0. The van der Waals surface area contributed by atoms with Gasteiger partial charge in [0.25, 0.3) is 5.91 Å². The second kappa shape index (κ2) is 8.30. The van der Waals surface area contributed by atoms with Crippen molar-refractivity contribution in [1.29, 1.82) is 0 Å². The van der Waals surface area contributed by atoms with Crippen molar-refractivity contribution in [1.82, 2.24) is 10.5 Å². The highest BCUT2D eigenvalue weighted by Crippen LogP contribution is 2.24. The summed E-state index contributed by atoms with van der Waals surface area (Å²) < 4.78 is 11.3. The summed E-state index contributed by atoms with van der Waals surface area (Å²) in [4.78, 5) is 12.6. The van der Waals surface area contributed by atoms with Crippen LogP contribution < -0.4 is 10.1 Å². The molecule has 5 heteroatoms. The van der Waals surface area contributed by atoms with E-state index in [-0.39, 0.29) is 18.6 Å². The number of benzene rings is 2. The first-order chi connectivity index (χ1) is 13.7. The summed E-state index contributed by atoms with van der Waals surface area (Å²) in [6.07, 6.45) is 4.46. The van der Waals surface area contributed by atoms with Crippen molar-refractivity contribution in [3.63, 3.8) is 0 Å². The van der Waals surface area contributed by atoms with Crippen LogP contribution in [0.3, 0.4) is 0 Å². The Hall–Kier alpha value is -3.08.